The third kappa shape index (κ3) is 102. The van der Waals surface area contributed by atoms with Gasteiger partial charge in [-0.05, 0) is 0 Å². The monoisotopic (exact) mass is 252 g/mol. The van der Waals surface area contributed by atoms with Crippen LogP contribution in [0.25, 0.3) is 0 Å². The zero-order valence-corrected chi connectivity index (χ0v) is 13.1. The molecular formula is HCaFeMgNaO5Si. The Balaban J connectivity index is -0.00000000800. The minimum Gasteiger partial charge on any atom is -0.894 e. The van der Waals surface area contributed by atoms with Crippen molar-refractivity contribution in [2.75, 3.05) is 0 Å². The average Bonchev–Trinajstić information content (AvgIpc) is 0.722. The molecule has 5 nitrogen and oxygen atoms in total. The van der Waals surface area contributed by atoms with Crippen molar-refractivity contribution in [3.05, 3.63) is 0 Å². The van der Waals surface area contributed by atoms with E-state index in [9.17, 15) is 0 Å². The van der Waals surface area contributed by atoms with Crippen molar-refractivity contribution in [2.24, 2.45) is 0 Å². The van der Waals surface area contributed by atoms with E-state index in [4.69, 9.17) is 19.2 Å². The molecular weight excluding hydrogens is 251 g/mol. The summed E-state index contributed by atoms with van der Waals surface area (Å²) in [6.07, 6.45) is 0. The molecule has 0 spiro atoms. The first kappa shape index (κ1) is 37.4. The van der Waals surface area contributed by atoms with Gasteiger partial charge in [0.25, 0.3) is 0 Å². The summed E-state index contributed by atoms with van der Waals surface area (Å²) >= 11 is 0. The summed E-state index contributed by atoms with van der Waals surface area (Å²) in [7, 11) is -5.61. The van der Waals surface area contributed by atoms with Crippen LogP contribution in [0.2, 0.25) is 0 Å². The molecule has 0 amide bonds. The van der Waals surface area contributed by atoms with Gasteiger partial charge in [0, 0.05) is 17.1 Å². The maximum absolute atomic E-state index is 8.58. The molecule has 0 saturated carbocycles. The van der Waals surface area contributed by atoms with Crippen LogP contribution in [0, 0.1) is 0 Å². The Morgan fingerprint density at radius 2 is 0.900 bits per heavy atom. The van der Waals surface area contributed by atoms with E-state index < -0.39 is 9.05 Å². The van der Waals surface area contributed by atoms with Gasteiger partial charge in [0.15, 0.2) is 0 Å². The van der Waals surface area contributed by atoms with Gasteiger partial charge in [-0.25, -0.2) is 0 Å². The van der Waals surface area contributed by atoms with Crippen LogP contribution in [-0.4, -0.2) is 75.3 Å². The molecule has 0 aliphatic carbocycles. The Morgan fingerprint density at radius 3 is 0.900 bits per heavy atom. The van der Waals surface area contributed by atoms with E-state index in [1.54, 1.807) is 0 Å². The number of hydrogen-bond donors (Lipinski definition) is 0. The molecule has 0 unspecified atom stereocenters. The SMILES string of the molecule is [Ca+2].[Fe].[Mg+2].[Na+].[O-][Si]([O-])([O-])[O-].[OH-]. The fourth-order valence-corrected chi connectivity index (χ4v) is 0. The van der Waals surface area contributed by atoms with Crippen molar-refractivity contribution in [2.45, 2.75) is 0 Å². The van der Waals surface area contributed by atoms with Crippen molar-refractivity contribution in [1.29, 1.82) is 0 Å². The summed E-state index contributed by atoms with van der Waals surface area (Å²) in [6.45, 7) is 0. The molecule has 1 N–H and O–H groups in total. The molecule has 10 heavy (non-hydrogen) atoms. The maximum atomic E-state index is 8.58. The largest absolute Gasteiger partial charge is 2.00 e. The molecule has 10 heteroatoms. The topological polar surface area (TPSA) is 122 Å². The Morgan fingerprint density at radius 1 is 0.900 bits per heavy atom. The van der Waals surface area contributed by atoms with Crippen LogP contribution < -0.4 is 48.7 Å². The maximum Gasteiger partial charge on any atom is 2.00 e. The van der Waals surface area contributed by atoms with Gasteiger partial charge in [0.2, 0.25) is 0 Å². The van der Waals surface area contributed by atoms with Crippen molar-refractivity contribution in [3.8, 4) is 0 Å². The van der Waals surface area contributed by atoms with Crippen LogP contribution in [0.15, 0.2) is 0 Å². The second kappa shape index (κ2) is 18.4. The fraction of sp³-hybridized carbons (Fsp3) is 0. The quantitative estimate of drug-likeness (QED) is 0.396. The van der Waals surface area contributed by atoms with Crippen LogP contribution in [0.3, 0.4) is 0 Å². The van der Waals surface area contributed by atoms with E-state index in [0.29, 0.717) is 0 Å². The molecule has 0 atom stereocenters. The van der Waals surface area contributed by atoms with Crippen LogP contribution in [0.1, 0.15) is 0 Å². The van der Waals surface area contributed by atoms with Crippen LogP contribution in [0.5, 0.6) is 0 Å². The van der Waals surface area contributed by atoms with E-state index in [1.807, 2.05) is 0 Å². The van der Waals surface area contributed by atoms with Gasteiger partial charge < -0.3 is 33.7 Å². The number of rotatable bonds is 0. The van der Waals surface area contributed by atoms with E-state index in [1.165, 1.54) is 0 Å². The molecule has 0 aromatic carbocycles. The van der Waals surface area contributed by atoms with Crippen LogP contribution >= 0.6 is 0 Å². The van der Waals surface area contributed by atoms with E-state index in [-0.39, 0.29) is 113 Å². The molecule has 0 aliphatic heterocycles. The van der Waals surface area contributed by atoms with Crippen molar-refractivity contribution in [3.63, 3.8) is 0 Å². The first-order valence-corrected chi connectivity index (χ1v) is 2.45. The summed E-state index contributed by atoms with van der Waals surface area (Å²) in [5, 5.41) is 0. The molecule has 0 heterocycles. The molecule has 0 bridgehead atoms. The van der Waals surface area contributed by atoms with Crippen molar-refractivity contribution in [1.82, 2.24) is 0 Å². The molecule has 0 radical (unpaired) electrons. The van der Waals surface area contributed by atoms with Gasteiger partial charge >= 0.3 is 90.3 Å². The molecule has 0 aromatic heterocycles. The fourth-order valence-electron chi connectivity index (χ4n) is 0. The van der Waals surface area contributed by atoms with Gasteiger partial charge in [-0.15, -0.1) is 0 Å². The molecule has 0 aliphatic rings. The van der Waals surface area contributed by atoms with Gasteiger partial charge in [0.1, 0.15) is 0 Å². The summed E-state index contributed by atoms with van der Waals surface area (Å²) in [6, 6.07) is 0. The third-order valence-corrected chi connectivity index (χ3v) is 0. The summed E-state index contributed by atoms with van der Waals surface area (Å²) < 4.78 is 0. The average molecular weight is 252 g/mol. The molecule has 0 rings (SSSR count). The summed E-state index contributed by atoms with van der Waals surface area (Å²) in [5.74, 6) is 0. The molecule has 0 saturated heterocycles. The van der Waals surface area contributed by atoms with Crippen molar-refractivity contribution < 1.29 is 71.3 Å². The smallest absolute Gasteiger partial charge is 0.894 e. The Kier molecular flexibility index (Phi) is 68.7. The van der Waals surface area contributed by atoms with E-state index in [2.05, 4.69) is 0 Å². The molecule has 48 valence electrons. The van der Waals surface area contributed by atoms with E-state index in [0.717, 1.165) is 0 Å². The van der Waals surface area contributed by atoms with Crippen LogP contribution in [0.4, 0.5) is 0 Å². The number of hydrogen-bond acceptors (Lipinski definition) is 5. The second-order valence-electron chi connectivity index (χ2n) is 0.500. The Hall–Kier alpha value is 3.56. The predicted molar refractivity (Wildman–Crippen MR) is 19.2 cm³/mol. The summed E-state index contributed by atoms with van der Waals surface area (Å²) in [4.78, 5) is 34.3. The molecule has 0 aromatic rings. The Bertz CT molecular complexity index is 37.1. The predicted octanol–water partition coefficient (Wildman–Crippen LogP) is -9.07. The second-order valence-corrected chi connectivity index (χ2v) is 1.50. The minimum absolute atomic E-state index is 0. The Labute approximate surface area is 138 Å². The zero-order valence-electron chi connectivity index (χ0n) is 5.35. The van der Waals surface area contributed by atoms with Gasteiger partial charge in [-0.3, -0.25) is 0 Å². The van der Waals surface area contributed by atoms with Crippen LogP contribution in [-0.2, 0) is 17.1 Å². The molecule has 0 fully saturated rings. The zero-order chi connectivity index (χ0) is 4.50. The third-order valence-electron chi connectivity index (χ3n) is 0. The normalized spacial score (nSPS) is 6.00. The van der Waals surface area contributed by atoms with Gasteiger partial charge in [0.05, 0.1) is 0 Å². The first-order valence-electron chi connectivity index (χ1n) is 0.816. The minimum atomic E-state index is -5.61. The van der Waals surface area contributed by atoms with Gasteiger partial charge in [-0.2, -0.15) is 0 Å². The first-order chi connectivity index (χ1) is 2.00. The standard InChI is InChI=1S/Ca.Fe.Mg.Na.O4Si.H2O/c;;;;1-5(2,3)4;/h;;;;;1H2/q+2;;+2;+1;-4;/p-1. The summed E-state index contributed by atoms with van der Waals surface area (Å²) in [5.41, 5.74) is 0. The van der Waals surface area contributed by atoms with Crippen molar-refractivity contribution >= 4 is 69.8 Å². The van der Waals surface area contributed by atoms with Gasteiger partial charge in [-0.1, -0.05) is 0 Å². The van der Waals surface area contributed by atoms with E-state index >= 15 is 0 Å².